The number of rotatable bonds is 5. The molecule has 148 valence electrons. The minimum atomic E-state index is 0.153. The molecule has 0 spiro atoms. The first-order valence-corrected chi connectivity index (χ1v) is 10.6. The van der Waals surface area contributed by atoms with Crippen molar-refractivity contribution in [1.29, 1.82) is 0 Å². The van der Waals surface area contributed by atoms with Gasteiger partial charge in [0.05, 0.1) is 13.2 Å². The van der Waals surface area contributed by atoms with Crippen LogP contribution in [0, 0.1) is 17.8 Å². The maximum atomic E-state index is 12.7. The van der Waals surface area contributed by atoms with E-state index in [0.29, 0.717) is 24.4 Å². The number of fused-ring (bicyclic) bond motifs is 2. The van der Waals surface area contributed by atoms with E-state index in [1.165, 1.54) is 30.4 Å². The zero-order chi connectivity index (χ0) is 18.6. The predicted octanol–water partition coefficient (Wildman–Crippen LogP) is 2.29. The molecule has 0 aromatic heterocycles. The fourth-order valence-electron chi connectivity index (χ4n) is 5.12. The van der Waals surface area contributed by atoms with Gasteiger partial charge < -0.3 is 15.8 Å². The summed E-state index contributed by atoms with van der Waals surface area (Å²) in [6, 6.07) is 8.97. The molecule has 27 heavy (non-hydrogen) atoms. The third-order valence-electron chi connectivity index (χ3n) is 6.78. The van der Waals surface area contributed by atoms with Crippen LogP contribution in [0.15, 0.2) is 24.3 Å². The summed E-state index contributed by atoms with van der Waals surface area (Å²) in [6.45, 7) is 5.27. The summed E-state index contributed by atoms with van der Waals surface area (Å²) < 4.78 is 5.40. The lowest BCUT2D eigenvalue weighted by molar-refractivity contribution is -0.128. The molecule has 2 aliphatic carbocycles. The maximum absolute atomic E-state index is 12.7. The number of amides is 1. The SMILES string of the molecule is NC1C2CCCC1CC(C(=O)NCc1ccc(CN3CCOCC3)cc1)C2. The van der Waals surface area contributed by atoms with Crippen LogP contribution >= 0.6 is 0 Å². The molecule has 1 heterocycles. The van der Waals surface area contributed by atoms with Gasteiger partial charge in [-0.2, -0.15) is 0 Å². The molecule has 3 aliphatic rings. The first kappa shape index (κ1) is 18.9. The standard InChI is InChI=1S/C22H33N3O2/c23-21-18-2-1-3-19(21)13-20(12-18)22(26)24-14-16-4-6-17(7-5-16)15-25-8-10-27-11-9-25/h4-7,18-21H,1-3,8-15,23H2,(H,24,26). The van der Waals surface area contributed by atoms with E-state index >= 15 is 0 Å². The molecule has 1 amide bonds. The van der Waals surface area contributed by atoms with E-state index in [0.717, 1.165) is 45.7 Å². The van der Waals surface area contributed by atoms with Crippen LogP contribution in [-0.4, -0.2) is 43.2 Å². The monoisotopic (exact) mass is 371 g/mol. The second-order valence-electron chi connectivity index (χ2n) is 8.62. The molecule has 1 aromatic rings. The van der Waals surface area contributed by atoms with E-state index in [4.69, 9.17) is 10.5 Å². The van der Waals surface area contributed by atoms with Gasteiger partial charge in [-0.15, -0.1) is 0 Å². The lowest BCUT2D eigenvalue weighted by atomic mass is 9.65. The number of carbonyl (C=O) groups is 1. The molecular formula is C22H33N3O2. The van der Waals surface area contributed by atoms with Crippen LogP contribution < -0.4 is 11.1 Å². The van der Waals surface area contributed by atoms with E-state index < -0.39 is 0 Å². The molecule has 5 heteroatoms. The summed E-state index contributed by atoms with van der Waals surface area (Å²) in [6.07, 6.45) is 5.64. The average Bonchev–Trinajstić information content (AvgIpc) is 2.68. The van der Waals surface area contributed by atoms with E-state index in [1.807, 2.05) is 0 Å². The molecule has 2 atom stereocenters. The Morgan fingerprint density at radius 1 is 1.07 bits per heavy atom. The quantitative estimate of drug-likeness (QED) is 0.833. The van der Waals surface area contributed by atoms with Crippen molar-refractivity contribution < 1.29 is 9.53 Å². The Hall–Kier alpha value is -1.43. The van der Waals surface area contributed by atoms with Crippen molar-refractivity contribution in [3.63, 3.8) is 0 Å². The minimum Gasteiger partial charge on any atom is -0.379 e. The number of morpholine rings is 1. The van der Waals surface area contributed by atoms with Crippen molar-refractivity contribution in [3.8, 4) is 0 Å². The van der Waals surface area contributed by atoms with Crippen molar-refractivity contribution in [2.45, 2.75) is 51.2 Å². The highest BCUT2D eigenvalue weighted by atomic mass is 16.5. The van der Waals surface area contributed by atoms with Crippen LogP contribution in [0.4, 0.5) is 0 Å². The molecule has 0 radical (unpaired) electrons. The van der Waals surface area contributed by atoms with Gasteiger partial charge in [-0.3, -0.25) is 9.69 Å². The summed E-state index contributed by atoms with van der Waals surface area (Å²) in [5.41, 5.74) is 8.84. The molecule has 2 saturated carbocycles. The number of nitrogens with one attached hydrogen (secondary N) is 1. The molecule has 3 fully saturated rings. The fourth-order valence-corrected chi connectivity index (χ4v) is 5.12. The Bertz CT molecular complexity index is 613. The van der Waals surface area contributed by atoms with Gasteiger partial charge in [-0.1, -0.05) is 30.7 Å². The van der Waals surface area contributed by atoms with Crippen LogP contribution in [0.2, 0.25) is 0 Å². The van der Waals surface area contributed by atoms with Crippen LogP contribution in [0.3, 0.4) is 0 Å². The van der Waals surface area contributed by atoms with Crippen LogP contribution in [0.25, 0.3) is 0 Å². The average molecular weight is 372 g/mol. The fraction of sp³-hybridized carbons (Fsp3) is 0.682. The smallest absolute Gasteiger partial charge is 0.223 e. The van der Waals surface area contributed by atoms with Gasteiger partial charge in [0.1, 0.15) is 0 Å². The van der Waals surface area contributed by atoms with E-state index in [2.05, 4.69) is 34.5 Å². The Morgan fingerprint density at radius 3 is 2.37 bits per heavy atom. The summed E-state index contributed by atoms with van der Waals surface area (Å²) in [4.78, 5) is 15.1. The largest absolute Gasteiger partial charge is 0.379 e. The van der Waals surface area contributed by atoms with Gasteiger partial charge in [0.15, 0.2) is 0 Å². The second-order valence-corrected chi connectivity index (χ2v) is 8.62. The lowest BCUT2D eigenvalue weighted by Crippen LogP contribution is -2.49. The number of nitrogens with two attached hydrogens (primary N) is 1. The zero-order valence-corrected chi connectivity index (χ0v) is 16.2. The lowest BCUT2D eigenvalue weighted by Gasteiger charge is -2.43. The van der Waals surface area contributed by atoms with Crippen LogP contribution in [-0.2, 0) is 22.6 Å². The Balaban J connectivity index is 1.25. The molecule has 4 rings (SSSR count). The molecule has 5 nitrogen and oxygen atoms in total. The number of hydrogen-bond donors (Lipinski definition) is 2. The molecule has 2 bridgehead atoms. The first-order valence-electron chi connectivity index (χ1n) is 10.6. The van der Waals surface area contributed by atoms with Gasteiger partial charge in [-0.05, 0) is 48.6 Å². The Morgan fingerprint density at radius 2 is 1.70 bits per heavy atom. The topological polar surface area (TPSA) is 67.6 Å². The molecular weight excluding hydrogens is 338 g/mol. The van der Waals surface area contributed by atoms with Crippen molar-refractivity contribution in [1.82, 2.24) is 10.2 Å². The van der Waals surface area contributed by atoms with Gasteiger partial charge >= 0.3 is 0 Å². The highest BCUT2D eigenvalue weighted by molar-refractivity contribution is 5.78. The van der Waals surface area contributed by atoms with Gasteiger partial charge in [0, 0.05) is 38.1 Å². The number of ether oxygens (including phenoxy) is 1. The first-order chi connectivity index (χ1) is 13.2. The number of hydrogen-bond acceptors (Lipinski definition) is 4. The minimum absolute atomic E-state index is 0.153. The normalized spacial score (nSPS) is 31.4. The molecule has 3 N–H and O–H groups in total. The van der Waals surface area contributed by atoms with Crippen LogP contribution in [0.1, 0.15) is 43.2 Å². The van der Waals surface area contributed by atoms with Crippen LogP contribution in [0.5, 0.6) is 0 Å². The van der Waals surface area contributed by atoms with E-state index in [-0.39, 0.29) is 11.8 Å². The molecule has 1 aromatic carbocycles. The third kappa shape index (κ3) is 4.71. The highest BCUT2D eigenvalue weighted by Crippen LogP contribution is 2.41. The van der Waals surface area contributed by atoms with Crippen molar-refractivity contribution in [2.75, 3.05) is 26.3 Å². The van der Waals surface area contributed by atoms with Crippen molar-refractivity contribution in [2.24, 2.45) is 23.5 Å². The molecule has 1 aliphatic heterocycles. The maximum Gasteiger partial charge on any atom is 0.223 e. The summed E-state index contributed by atoms with van der Waals surface area (Å²) >= 11 is 0. The molecule has 1 saturated heterocycles. The number of carbonyl (C=O) groups excluding carboxylic acids is 1. The second kappa shape index (κ2) is 8.72. The van der Waals surface area contributed by atoms with Crippen molar-refractivity contribution in [3.05, 3.63) is 35.4 Å². The summed E-state index contributed by atoms with van der Waals surface area (Å²) in [7, 11) is 0. The summed E-state index contributed by atoms with van der Waals surface area (Å²) in [5.74, 6) is 1.47. The number of nitrogens with zero attached hydrogens (tertiary/aromatic N) is 1. The predicted molar refractivity (Wildman–Crippen MR) is 106 cm³/mol. The van der Waals surface area contributed by atoms with Gasteiger partial charge in [0.25, 0.3) is 0 Å². The third-order valence-corrected chi connectivity index (χ3v) is 6.78. The Kier molecular flexibility index (Phi) is 6.11. The zero-order valence-electron chi connectivity index (χ0n) is 16.2. The summed E-state index contributed by atoms with van der Waals surface area (Å²) in [5, 5.41) is 3.17. The van der Waals surface area contributed by atoms with E-state index in [1.54, 1.807) is 0 Å². The molecule has 2 unspecified atom stereocenters. The van der Waals surface area contributed by atoms with Gasteiger partial charge in [-0.25, -0.2) is 0 Å². The highest BCUT2D eigenvalue weighted by Gasteiger charge is 2.40. The van der Waals surface area contributed by atoms with E-state index in [9.17, 15) is 4.79 Å². The van der Waals surface area contributed by atoms with Gasteiger partial charge in [0.2, 0.25) is 5.91 Å². The van der Waals surface area contributed by atoms with Crippen molar-refractivity contribution >= 4 is 5.91 Å². The number of benzene rings is 1. The Labute approximate surface area is 162 Å².